The standard InChI is InChI=1S/C23H17NO2/c25-23(24-20-8-2-1-3-9-20)18-11-13-21(14-12-18)26-22-15-10-17-6-4-5-7-19(17)16-22/h1-16H,(H,24,25). The minimum absolute atomic E-state index is 0.145. The average Bonchev–Trinajstić information content (AvgIpc) is 2.69. The summed E-state index contributed by atoms with van der Waals surface area (Å²) < 4.78 is 5.91. The van der Waals surface area contributed by atoms with Crippen molar-refractivity contribution in [2.24, 2.45) is 0 Å². The van der Waals surface area contributed by atoms with Crippen LogP contribution in [0.1, 0.15) is 10.4 Å². The SMILES string of the molecule is O=C(Nc1ccccc1)c1ccc(Oc2ccc3ccccc3c2)cc1. The number of fused-ring (bicyclic) bond motifs is 1. The second-order valence-electron chi connectivity index (χ2n) is 5.96. The van der Waals surface area contributed by atoms with Crippen molar-refractivity contribution >= 4 is 22.4 Å². The lowest BCUT2D eigenvalue weighted by molar-refractivity contribution is 0.102. The monoisotopic (exact) mass is 339 g/mol. The van der Waals surface area contributed by atoms with Crippen LogP contribution in [0.2, 0.25) is 0 Å². The number of carbonyl (C=O) groups is 1. The molecule has 0 radical (unpaired) electrons. The first-order valence-electron chi connectivity index (χ1n) is 8.41. The molecule has 3 heteroatoms. The second kappa shape index (κ2) is 7.11. The Kier molecular flexibility index (Phi) is 4.35. The summed E-state index contributed by atoms with van der Waals surface area (Å²) in [5.41, 5.74) is 1.36. The summed E-state index contributed by atoms with van der Waals surface area (Å²) in [7, 11) is 0. The molecule has 4 aromatic rings. The second-order valence-corrected chi connectivity index (χ2v) is 5.96. The van der Waals surface area contributed by atoms with E-state index in [9.17, 15) is 4.79 Å². The smallest absolute Gasteiger partial charge is 0.255 e. The van der Waals surface area contributed by atoms with E-state index in [-0.39, 0.29) is 5.91 Å². The molecule has 0 aliphatic heterocycles. The summed E-state index contributed by atoms with van der Waals surface area (Å²) in [6, 6.07) is 30.6. The van der Waals surface area contributed by atoms with E-state index in [2.05, 4.69) is 17.4 Å². The van der Waals surface area contributed by atoms with Crippen LogP contribution in [0, 0.1) is 0 Å². The number of ether oxygens (including phenoxy) is 1. The molecule has 4 aromatic carbocycles. The van der Waals surface area contributed by atoms with Gasteiger partial charge in [-0.15, -0.1) is 0 Å². The van der Waals surface area contributed by atoms with E-state index in [0.717, 1.165) is 16.8 Å². The number of amides is 1. The van der Waals surface area contributed by atoms with Crippen molar-refractivity contribution in [2.75, 3.05) is 5.32 Å². The molecule has 0 unspecified atom stereocenters. The van der Waals surface area contributed by atoms with Crippen molar-refractivity contribution < 1.29 is 9.53 Å². The van der Waals surface area contributed by atoms with Crippen LogP contribution in [0.4, 0.5) is 5.69 Å². The van der Waals surface area contributed by atoms with E-state index >= 15 is 0 Å². The number of hydrogen-bond donors (Lipinski definition) is 1. The number of carbonyl (C=O) groups excluding carboxylic acids is 1. The van der Waals surface area contributed by atoms with Gasteiger partial charge in [0, 0.05) is 11.3 Å². The van der Waals surface area contributed by atoms with Gasteiger partial charge in [0.1, 0.15) is 11.5 Å². The van der Waals surface area contributed by atoms with Crippen molar-refractivity contribution in [1.29, 1.82) is 0 Å². The van der Waals surface area contributed by atoms with E-state index in [1.807, 2.05) is 60.7 Å². The van der Waals surface area contributed by atoms with E-state index in [1.165, 1.54) is 5.39 Å². The quantitative estimate of drug-likeness (QED) is 0.504. The molecule has 26 heavy (non-hydrogen) atoms. The molecule has 126 valence electrons. The van der Waals surface area contributed by atoms with Gasteiger partial charge in [-0.2, -0.15) is 0 Å². The Labute approximate surface area is 151 Å². The Bertz CT molecular complexity index is 1040. The summed E-state index contributed by atoms with van der Waals surface area (Å²) in [5, 5.41) is 5.17. The van der Waals surface area contributed by atoms with Gasteiger partial charge in [-0.1, -0.05) is 48.5 Å². The molecule has 0 aliphatic rings. The molecule has 1 N–H and O–H groups in total. The number of benzene rings is 4. The van der Waals surface area contributed by atoms with Crippen LogP contribution in [0.3, 0.4) is 0 Å². The fourth-order valence-electron chi connectivity index (χ4n) is 2.77. The Hall–Kier alpha value is -3.59. The summed E-state index contributed by atoms with van der Waals surface area (Å²) in [6.07, 6.45) is 0. The maximum absolute atomic E-state index is 12.3. The Morgan fingerprint density at radius 2 is 1.31 bits per heavy atom. The number of nitrogens with one attached hydrogen (secondary N) is 1. The van der Waals surface area contributed by atoms with Gasteiger partial charge in [-0.05, 0) is 59.3 Å². The summed E-state index contributed by atoms with van der Waals surface area (Å²) in [5.74, 6) is 1.31. The summed E-state index contributed by atoms with van der Waals surface area (Å²) in [4.78, 5) is 12.3. The van der Waals surface area contributed by atoms with Gasteiger partial charge in [-0.3, -0.25) is 4.79 Å². The molecular weight excluding hydrogens is 322 g/mol. The number of rotatable bonds is 4. The third-order valence-corrected chi connectivity index (χ3v) is 4.10. The van der Waals surface area contributed by atoms with Crippen LogP contribution in [-0.2, 0) is 0 Å². The largest absolute Gasteiger partial charge is 0.457 e. The first-order valence-corrected chi connectivity index (χ1v) is 8.41. The van der Waals surface area contributed by atoms with Crippen LogP contribution in [0.5, 0.6) is 11.5 Å². The van der Waals surface area contributed by atoms with Gasteiger partial charge in [0.15, 0.2) is 0 Å². The Morgan fingerprint density at radius 1 is 0.654 bits per heavy atom. The number of para-hydroxylation sites is 1. The number of anilines is 1. The third-order valence-electron chi connectivity index (χ3n) is 4.10. The molecule has 4 rings (SSSR count). The Morgan fingerprint density at radius 3 is 2.08 bits per heavy atom. The molecule has 0 saturated heterocycles. The molecule has 3 nitrogen and oxygen atoms in total. The average molecular weight is 339 g/mol. The molecule has 0 fully saturated rings. The molecule has 0 saturated carbocycles. The van der Waals surface area contributed by atoms with Gasteiger partial charge >= 0.3 is 0 Å². The maximum Gasteiger partial charge on any atom is 0.255 e. The van der Waals surface area contributed by atoms with Gasteiger partial charge in [-0.25, -0.2) is 0 Å². The highest BCUT2D eigenvalue weighted by molar-refractivity contribution is 6.04. The highest BCUT2D eigenvalue weighted by Crippen LogP contribution is 2.26. The topological polar surface area (TPSA) is 38.3 Å². The van der Waals surface area contributed by atoms with E-state index in [4.69, 9.17) is 4.74 Å². The van der Waals surface area contributed by atoms with Crippen LogP contribution < -0.4 is 10.1 Å². The van der Waals surface area contributed by atoms with E-state index in [1.54, 1.807) is 24.3 Å². The van der Waals surface area contributed by atoms with Crippen molar-refractivity contribution in [2.45, 2.75) is 0 Å². The molecule has 0 bridgehead atoms. The van der Waals surface area contributed by atoms with Crippen molar-refractivity contribution in [3.63, 3.8) is 0 Å². The summed E-state index contributed by atoms with van der Waals surface area (Å²) >= 11 is 0. The van der Waals surface area contributed by atoms with E-state index < -0.39 is 0 Å². The van der Waals surface area contributed by atoms with Crippen molar-refractivity contribution in [1.82, 2.24) is 0 Å². The highest BCUT2D eigenvalue weighted by Gasteiger charge is 2.06. The van der Waals surface area contributed by atoms with Crippen LogP contribution in [0.15, 0.2) is 97.1 Å². The fourth-order valence-corrected chi connectivity index (χ4v) is 2.77. The molecule has 0 spiro atoms. The Balaban J connectivity index is 1.47. The van der Waals surface area contributed by atoms with Gasteiger partial charge in [0.25, 0.3) is 5.91 Å². The highest BCUT2D eigenvalue weighted by atomic mass is 16.5. The molecule has 0 atom stereocenters. The fraction of sp³-hybridized carbons (Fsp3) is 0. The lowest BCUT2D eigenvalue weighted by Crippen LogP contribution is -2.11. The number of hydrogen-bond acceptors (Lipinski definition) is 2. The van der Waals surface area contributed by atoms with E-state index in [0.29, 0.717) is 11.3 Å². The zero-order valence-electron chi connectivity index (χ0n) is 14.1. The predicted molar refractivity (Wildman–Crippen MR) is 105 cm³/mol. The van der Waals surface area contributed by atoms with Crippen molar-refractivity contribution in [3.05, 3.63) is 103 Å². The van der Waals surface area contributed by atoms with Gasteiger partial charge < -0.3 is 10.1 Å². The predicted octanol–water partition coefficient (Wildman–Crippen LogP) is 5.88. The van der Waals surface area contributed by atoms with Crippen LogP contribution in [-0.4, -0.2) is 5.91 Å². The first-order chi connectivity index (χ1) is 12.8. The zero-order valence-corrected chi connectivity index (χ0v) is 14.1. The minimum Gasteiger partial charge on any atom is -0.457 e. The van der Waals surface area contributed by atoms with Gasteiger partial charge in [0.2, 0.25) is 0 Å². The maximum atomic E-state index is 12.3. The zero-order chi connectivity index (χ0) is 17.8. The molecule has 0 heterocycles. The minimum atomic E-state index is -0.145. The third kappa shape index (κ3) is 3.57. The van der Waals surface area contributed by atoms with Crippen LogP contribution >= 0.6 is 0 Å². The molecule has 0 aliphatic carbocycles. The summed E-state index contributed by atoms with van der Waals surface area (Å²) in [6.45, 7) is 0. The first kappa shape index (κ1) is 15.9. The lowest BCUT2D eigenvalue weighted by atomic mass is 10.1. The van der Waals surface area contributed by atoms with Crippen LogP contribution in [0.25, 0.3) is 10.8 Å². The molecule has 1 amide bonds. The molecular formula is C23H17NO2. The van der Waals surface area contributed by atoms with Gasteiger partial charge in [0.05, 0.1) is 0 Å². The molecule has 0 aromatic heterocycles. The lowest BCUT2D eigenvalue weighted by Gasteiger charge is -2.08. The normalized spacial score (nSPS) is 10.5. The van der Waals surface area contributed by atoms with Crippen molar-refractivity contribution in [3.8, 4) is 11.5 Å².